The Morgan fingerprint density at radius 2 is 2.00 bits per heavy atom. The molecule has 4 nitrogen and oxygen atoms in total. The zero-order valence-corrected chi connectivity index (χ0v) is 15.1. The van der Waals surface area contributed by atoms with Gasteiger partial charge in [-0.05, 0) is 30.7 Å². The Balaban J connectivity index is 1.64. The van der Waals surface area contributed by atoms with E-state index >= 15 is 0 Å². The number of fused-ring (bicyclic) bond motifs is 1. The summed E-state index contributed by atoms with van der Waals surface area (Å²) in [5.74, 6) is 1.57. The van der Waals surface area contributed by atoms with Gasteiger partial charge in [0.05, 0.1) is 16.0 Å². The van der Waals surface area contributed by atoms with Crippen molar-refractivity contribution in [2.45, 2.75) is 24.2 Å². The summed E-state index contributed by atoms with van der Waals surface area (Å²) in [6.45, 7) is 3.01. The molecule has 3 heterocycles. The third-order valence-electron chi connectivity index (χ3n) is 3.89. The average Bonchev–Trinajstić information content (AvgIpc) is 3.27. The van der Waals surface area contributed by atoms with E-state index in [1.807, 2.05) is 18.5 Å². The first kappa shape index (κ1) is 16.2. The second-order valence-corrected chi connectivity index (χ2v) is 7.45. The number of rotatable bonds is 5. The van der Waals surface area contributed by atoms with E-state index < -0.39 is 0 Å². The van der Waals surface area contributed by atoms with Crippen LogP contribution in [0.4, 0.5) is 4.39 Å². The van der Waals surface area contributed by atoms with Gasteiger partial charge in [-0.25, -0.2) is 19.3 Å². The molecule has 0 unspecified atom stereocenters. The van der Waals surface area contributed by atoms with E-state index in [-0.39, 0.29) is 5.82 Å². The van der Waals surface area contributed by atoms with E-state index in [0.29, 0.717) is 0 Å². The zero-order chi connectivity index (χ0) is 17.2. The highest BCUT2D eigenvalue weighted by atomic mass is 32.2. The van der Waals surface area contributed by atoms with Crippen LogP contribution in [-0.2, 0) is 12.3 Å². The molecule has 0 aliphatic rings. The highest BCUT2D eigenvalue weighted by Crippen LogP contribution is 2.37. The molecule has 4 rings (SSSR count). The number of imidazole rings is 1. The molecular weight excluding hydrogens is 355 g/mol. The van der Waals surface area contributed by atoms with Crippen molar-refractivity contribution in [3.63, 3.8) is 0 Å². The minimum absolute atomic E-state index is 0.229. The normalized spacial score (nSPS) is 11.3. The summed E-state index contributed by atoms with van der Waals surface area (Å²) in [6.07, 6.45) is 5.41. The van der Waals surface area contributed by atoms with Gasteiger partial charge < -0.3 is 4.57 Å². The molecule has 25 heavy (non-hydrogen) atoms. The molecule has 0 aliphatic carbocycles. The van der Waals surface area contributed by atoms with Crippen LogP contribution in [-0.4, -0.2) is 19.5 Å². The maximum Gasteiger partial charge on any atom is 0.123 e. The van der Waals surface area contributed by atoms with Gasteiger partial charge in [-0.1, -0.05) is 23.9 Å². The molecule has 0 saturated carbocycles. The van der Waals surface area contributed by atoms with E-state index in [1.165, 1.54) is 12.1 Å². The molecule has 0 N–H and O–H groups in total. The van der Waals surface area contributed by atoms with E-state index in [2.05, 4.69) is 26.4 Å². The quantitative estimate of drug-likeness (QED) is 0.366. The standard InChI is InChI=1S/C18H15FN4S2/c1-2-23-8-7-20-16(23)10-24-18-17-14(21-11-22-18)9-15(25-17)12-3-5-13(19)6-4-12/h3-9,11H,2,10H2,1H3. The summed E-state index contributed by atoms with van der Waals surface area (Å²) >= 11 is 3.30. The highest BCUT2D eigenvalue weighted by Gasteiger charge is 2.12. The second-order valence-electron chi connectivity index (χ2n) is 5.43. The maximum atomic E-state index is 13.1. The lowest BCUT2D eigenvalue weighted by atomic mass is 10.2. The first-order chi connectivity index (χ1) is 12.2. The van der Waals surface area contributed by atoms with Gasteiger partial charge in [0.2, 0.25) is 0 Å². The summed E-state index contributed by atoms with van der Waals surface area (Å²) in [6, 6.07) is 8.57. The number of hydrogen-bond acceptors (Lipinski definition) is 5. The Labute approximate surface area is 152 Å². The number of thiophene rings is 1. The van der Waals surface area contributed by atoms with Gasteiger partial charge in [-0.15, -0.1) is 11.3 Å². The van der Waals surface area contributed by atoms with Crippen molar-refractivity contribution >= 4 is 33.3 Å². The van der Waals surface area contributed by atoms with E-state index in [9.17, 15) is 4.39 Å². The number of aromatic nitrogens is 4. The van der Waals surface area contributed by atoms with Crippen LogP contribution in [0.2, 0.25) is 0 Å². The number of hydrogen-bond donors (Lipinski definition) is 0. The van der Waals surface area contributed by atoms with Gasteiger partial charge in [0.25, 0.3) is 0 Å². The smallest absolute Gasteiger partial charge is 0.123 e. The van der Waals surface area contributed by atoms with Gasteiger partial charge in [0, 0.05) is 23.8 Å². The number of nitrogens with zero attached hydrogens (tertiary/aromatic N) is 4. The van der Waals surface area contributed by atoms with Crippen molar-refractivity contribution in [3.05, 3.63) is 60.7 Å². The highest BCUT2D eigenvalue weighted by molar-refractivity contribution is 7.98. The fourth-order valence-corrected chi connectivity index (χ4v) is 4.76. The summed E-state index contributed by atoms with van der Waals surface area (Å²) in [7, 11) is 0. The van der Waals surface area contributed by atoms with Gasteiger partial charge in [0.15, 0.2) is 0 Å². The SMILES string of the molecule is CCn1ccnc1CSc1ncnc2cc(-c3ccc(F)cc3)sc12. The average molecular weight is 370 g/mol. The lowest BCUT2D eigenvalue weighted by molar-refractivity contribution is 0.628. The molecule has 0 atom stereocenters. The van der Waals surface area contributed by atoms with Crippen LogP contribution >= 0.6 is 23.1 Å². The van der Waals surface area contributed by atoms with Crippen molar-refractivity contribution < 1.29 is 4.39 Å². The third-order valence-corrected chi connectivity index (χ3v) is 6.18. The van der Waals surface area contributed by atoms with Crippen LogP contribution in [0.25, 0.3) is 20.7 Å². The third kappa shape index (κ3) is 3.29. The molecule has 0 saturated heterocycles. The van der Waals surface area contributed by atoms with E-state index in [0.717, 1.165) is 43.8 Å². The van der Waals surface area contributed by atoms with Crippen molar-refractivity contribution in [1.29, 1.82) is 0 Å². The largest absolute Gasteiger partial charge is 0.335 e. The predicted molar refractivity (Wildman–Crippen MR) is 100 cm³/mol. The number of aryl methyl sites for hydroxylation is 1. The number of halogens is 1. The summed E-state index contributed by atoms with van der Waals surface area (Å²) in [5.41, 5.74) is 1.91. The van der Waals surface area contributed by atoms with Crippen molar-refractivity contribution in [3.8, 4) is 10.4 Å². The van der Waals surface area contributed by atoms with Gasteiger partial charge in [-0.3, -0.25) is 0 Å². The lowest BCUT2D eigenvalue weighted by Crippen LogP contribution is -1.99. The van der Waals surface area contributed by atoms with Gasteiger partial charge >= 0.3 is 0 Å². The van der Waals surface area contributed by atoms with Gasteiger partial charge in [-0.2, -0.15) is 0 Å². The van der Waals surface area contributed by atoms with Crippen molar-refractivity contribution in [2.75, 3.05) is 0 Å². The fraction of sp³-hybridized carbons (Fsp3) is 0.167. The lowest BCUT2D eigenvalue weighted by Gasteiger charge is -2.04. The van der Waals surface area contributed by atoms with Crippen LogP contribution in [0.1, 0.15) is 12.7 Å². The predicted octanol–water partition coefficient (Wildman–Crippen LogP) is 5.01. The number of thioether (sulfide) groups is 1. The number of benzene rings is 1. The van der Waals surface area contributed by atoms with Crippen LogP contribution in [0.5, 0.6) is 0 Å². The topological polar surface area (TPSA) is 43.6 Å². The fourth-order valence-electron chi connectivity index (χ4n) is 2.59. The molecule has 0 spiro atoms. The minimum atomic E-state index is -0.229. The van der Waals surface area contributed by atoms with Crippen LogP contribution in [0.15, 0.2) is 54.1 Å². The maximum absolute atomic E-state index is 13.1. The Hall–Kier alpha value is -2.25. The molecule has 0 fully saturated rings. The van der Waals surface area contributed by atoms with Crippen molar-refractivity contribution in [2.24, 2.45) is 0 Å². The Bertz CT molecular complexity index is 1010. The molecular formula is C18H15FN4S2. The van der Waals surface area contributed by atoms with Crippen LogP contribution in [0, 0.1) is 5.82 Å². The molecule has 0 bridgehead atoms. The first-order valence-corrected chi connectivity index (χ1v) is 9.68. The molecule has 126 valence electrons. The van der Waals surface area contributed by atoms with E-state index in [4.69, 9.17) is 0 Å². The Kier molecular flexibility index (Phi) is 4.50. The summed E-state index contributed by atoms with van der Waals surface area (Å²) in [4.78, 5) is 14.3. The Morgan fingerprint density at radius 1 is 1.16 bits per heavy atom. The Morgan fingerprint density at radius 3 is 2.80 bits per heavy atom. The molecule has 0 amide bonds. The van der Waals surface area contributed by atoms with Crippen molar-refractivity contribution in [1.82, 2.24) is 19.5 Å². The molecule has 0 radical (unpaired) electrons. The molecule has 0 aliphatic heterocycles. The van der Waals surface area contributed by atoms with Gasteiger partial charge in [0.1, 0.15) is 23.0 Å². The summed E-state index contributed by atoms with van der Waals surface area (Å²) < 4.78 is 16.3. The molecule has 7 heteroatoms. The van der Waals surface area contributed by atoms with Crippen LogP contribution < -0.4 is 0 Å². The summed E-state index contributed by atoms with van der Waals surface area (Å²) in [5, 5.41) is 0.953. The monoisotopic (exact) mass is 370 g/mol. The minimum Gasteiger partial charge on any atom is -0.335 e. The molecule has 4 aromatic rings. The molecule has 3 aromatic heterocycles. The second kappa shape index (κ2) is 6.93. The molecule has 1 aromatic carbocycles. The zero-order valence-electron chi connectivity index (χ0n) is 13.5. The van der Waals surface area contributed by atoms with Crippen LogP contribution in [0.3, 0.4) is 0 Å². The van der Waals surface area contributed by atoms with E-state index in [1.54, 1.807) is 41.6 Å². The first-order valence-electron chi connectivity index (χ1n) is 7.88.